The van der Waals surface area contributed by atoms with Gasteiger partial charge >= 0.3 is 0 Å². The van der Waals surface area contributed by atoms with Crippen LogP contribution in [0.3, 0.4) is 0 Å². The summed E-state index contributed by atoms with van der Waals surface area (Å²) in [7, 11) is -3.01. The molecule has 0 unspecified atom stereocenters. The van der Waals surface area contributed by atoms with Crippen LogP contribution in [0.25, 0.3) is 37.2 Å². The SMILES string of the molecule is [C-]#[N+]c1ccc(N(c2ccc([Si](C)(C)C)cc2)c2cc(C)c3ccc4c(N(c5ccc(C#N)cc5)c5ccc([Si](C)(C)C)cc5)ccc5ccc2c3c54)cc1. The minimum absolute atomic E-state index is 0.624. The molecule has 0 N–H and O–H groups in total. The average Bonchev–Trinajstić information content (AvgIpc) is 3.18. The summed E-state index contributed by atoms with van der Waals surface area (Å²) in [5.41, 5.74) is 8.83. The Labute approximate surface area is 326 Å². The maximum absolute atomic E-state index is 9.63. The molecule has 0 spiro atoms. The maximum atomic E-state index is 9.63. The molecular formula is C49H44N4Si2. The molecule has 0 atom stereocenters. The van der Waals surface area contributed by atoms with E-state index in [0.29, 0.717) is 11.3 Å². The van der Waals surface area contributed by atoms with Gasteiger partial charge in [-0.25, -0.2) is 4.85 Å². The van der Waals surface area contributed by atoms with Gasteiger partial charge in [-0.2, -0.15) is 5.26 Å². The molecule has 0 heterocycles. The minimum atomic E-state index is -1.51. The Bertz CT molecular complexity index is 2780. The summed E-state index contributed by atoms with van der Waals surface area (Å²) in [6.45, 7) is 24.1. The van der Waals surface area contributed by atoms with E-state index < -0.39 is 16.1 Å². The fourth-order valence-electron chi connectivity index (χ4n) is 7.85. The number of benzene rings is 8. The van der Waals surface area contributed by atoms with Crippen LogP contribution in [0.5, 0.6) is 0 Å². The molecule has 0 aromatic heterocycles. The zero-order valence-electron chi connectivity index (χ0n) is 32.6. The standard InChI is InChI=1S/C49H44N4Si2/c1-33-31-47(53(38-17-13-36(51-2)14-18-38)40-21-25-42(26-22-40)55(6,7)8)45-27-11-35-12-30-46(44-29-28-43(33)49(45)48(35)44)52(37-15-9-34(32-50)10-16-37)39-19-23-41(24-20-39)54(3,4)5/h9-31H,1,3-8H3. The lowest BCUT2D eigenvalue weighted by Gasteiger charge is -2.30. The molecule has 0 fully saturated rings. The molecule has 0 radical (unpaired) electrons. The first-order valence-corrected chi connectivity index (χ1v) is 25.9. The molecule has 0 aliphatic heterocycles. The third-order valence-corrected chi connectivity index (χ3v) is 15.0. The van der Waals surface area contributed by atoms with Crippen LogP contribution in [0.15, 0.2) is 140 Å². The zero-order chi connectivity index (χ0) is 38.6. The normalized spacial score (nSPS) is 11.9. The number of anilines is 6. The van der Waals surface area contributed by atoms with Crippen LogP contribution in [0.4, 0.5) is 39.8 Å². The smallest absolute Gasteiger partial charge is 0.187 e. The zero-order valence-corrected chi connectivity index (χ0v) is 34.6. The molecule has 0 amide bonds. The van der Waals surface area contributed by atoms with Crippen LogP contribution in [-0.2, 0) is 0 Å². The van der Waals surface area contributed by atoms with E-state index in [0.717, 1.165) is 34.1 Å². The molecule has 8 rings (SSSR count). The summed E-state index contributed by atoms with van der Waals surface area (Å²) >= 11 is 0. The molecule has 8 aromatic carbocycles. The maximum Gasteiger partial charge on any atom is 0.187 e. The molecule has 0 aliphatic rings. The Kier molecular flexibility index (Phi) is 8.85. The number of nitriles is 1. The summed E-state index contributed by atoms with van der Waals surface area (Å²) < 4.78 is 0. The molecular weight excluding hydrogens is 701 g/mol. The van der Waals surface area contributed by atoms with Crippen LogP contribution in [0.1, 0.15) is 11.1 Å². The summed E-state index contributed by atoms with van der Waals surface area (Å²) in [6, 6.07) is 52.3. The van der Waals surface area contributed by atoms with Gasteiger partial charge in [-0.1, -0.05) is 116 Å². The molecule has 4 nitrogen and oxygen atoms in total. The Morgan fingerprint density at radius 2 is 0.945 bits per heavy atom. The Hall–Kier alpha value is -6.19. The Morgan fingerprint density at radius 3 is 1.45 bits per heavy atom. The molecule has 6 heteroatoms. The third kappa shape index (κ3) is 6.44. The van der Waals surface area contributed by atoms with Gasteiger partial charge in [0.2, 0.25) is 0 Å². The van der Waals surface area contributed by atoms with Crippen molar-refractivity contribution >= 4 is 98.7 Å². The first kappa shape index (κ1) is 35.8. The van der Waals surface area contributed by atoms with Gasteiger partial charge in [0, 0.05) is 33.5 Å². The van der Waals surface area contributed by atoms with E-state index in [2.05, 4.69) is 182 Å². The summed E-state index contributed by atoms with van der Waals surface area (Å²) in [6.07, 6.45) is 0. The van der Waals surface area contributed by atoms with Crippen LogP contribution in [0.2, 0.25) is 39.3 Å². The largest absolute Gasteiger partial charge is 0.310 e. The highest BCUT2D eigenvalue weighted by Crippen LogP contribution is 2.48. The van der Waals surface area contributed by atoms with E-state index in [4.69, 9.17) is 6.57 Å². The number of aryl methyl sites for hydroxylation is 1. The predicted octanol–water partition coefficient (Wildman–Crippen LogP) is 13.3. The molecule has 268 valence electrons. The van der Waals surface area contributed by atoms with Gasteiger partial charge < -0.3 is 9.80 Å². The van der Waals surface area contributed by atoms with E-state index >= 15 is 0 Å². The Morgan fingerprint density at radius 1 is 0.509 bits per heavy atom. The van der Waals surface area contributed by atoms with E-state index in [9.17, 15) is 5.26 Å². The average molecular weight is 745 g/mol. The topological polar surface area (TPSA) is 34.6 Å². The highest BCUT2D eigenvalue weighted by molar-refractivity contribution is 6.89. The van der Waals surface area contributed by atoms with Gasteiger partial charge in [0.05, 0.1) is 45.7 Å². The first-order valence-electron chi connectivity index (χ1n) is 18.9. The summed E-state index contributed by atoms with van der Waals surface area (Å²) in [4.78, 5) is 8.37. The second kappa shape index (κ2) is 13.6. The van der Waals surface area contributed by atoms with E-state index in [1.165, 1.54) is 48.3 Å². The van der Waals surface area contributed by atoms with Crippen molar-refractivity contribution in [2.24, 2.45) is 0 Å². The first-order chi connectivity index (χ1) is 26.4. The second-order valence-corrected chi connectivity index (χ2v) is 26.8. The number of hydrogen-bond donors (Lipinski definition) is 0. The highest BCUT2D eigenvalue weighted by Gasteiger charge is 2.24. The fourth-order valence-corrected chi connectivity index (χ4v) is 10.2. The van der Waals surface area contributed by atoms with Crippen molar-refractivity contribution in [2.45, 2.75) is 46.2 Å². The lowest BCUT2D eigenvalue weighted by molar-refractivity contribution is 1.29. The van der Waals surface area contributed by atoms with Gasteiger partial charge in [0.15, 0.2) is 5.69 Å². The van der Waals surface area contributed by atoms with Crippen LogP contribution >= 0.6 is 0 Å². The molecule has 55 heavy (non-hydrogen) atoms. The van der Waals surface area contributed by atoms with Crippen molar-refractivity contribution in [3.63, 3.8) is 0 Å². The summed E-state index contributed by atoms with van der Waals surface area (Å²) in [5.74, 6) is 0. The van der Waals surface area contributed by atoms with Gasteiger partial charge in [-0.15, -0.1) is 0 Å². The lowest BCUT2D eigenvalue weighted by atomic mass is 9.89. The Balaban J connectivity index is 1.39. The van der Waals surface area contributed by atoms with Crippen molar-refractivity contribution in [2.75, 3.05) is 9.80 Å². The second-order valence-electron chi connectivity index (χ2n) is 16.6. The van der Waals surface area contributed by atoms with Crippen LogP contribution in [0, 0.1) is 24.8 Å². The van der Waals surface area contributed by atoms with Crippen LogP contribution < -0.4 is 20.2 Å². The fraction of sp³-hybridized carbons (Fsp3) is 0.143. The number of rotatable bonds is 8. The molecule has 0 bridgehead atoms. The van der Waals surface area contributed by atoms with E-state index in [1.807, 2.05) is 24.3 Å². The molecule has 8 aromatic rings. The predicted molar refractivity (Wildman–Crippen MR) is 241 cm³/mol. The lowest BCUT2D eigenvalue weighted by Crippen LogP contribution is -2.37. The molecule has 0 saturated heterocycles. The van der Waals surface area contributed by atoms with Gasteiger partial charge in [-0.05, 0) is 107 Å². The summed E-state index contributed by atoms with van der Waals surface area (Å²) in [5, 5.41) is 19.7. The van der Waals surface area contributed by atoms with Crippen LogP contribution in [-0.4, -0.2) is 16.1 Å². The van der Waals surface area contributed by atoms with Crippen molar-refractivity contribution in [1.29, 1.82) is 5.26 Å². The van der Waals surface area contributed by atoms with Crippen molar-refractivity contribution in [3.8, 4) is 6.07 Å². The van der Waals surface area contributed by atoms with Gasteiger partial charge in [0.25, 0.3) is 0 Å². The van der Waals surface area contributed by atoms with Crippen molar-refractivity contribution in [3.05, 3.63) is 162 Å². The highest BCUT2D eigenvalue weighted by atomic mass is 28.3. The van der Waals surface area contributed by atoms with E-state index in [-0.39, 0.29) is 0 Å². The quantitative estimate of drug-likeness (QED) is 0.0883. The monoisotopic (exact) mass is 744 g/mol. The van der Waals surface area contributed by atoms with Crippen molar-refractivity contribution in [1.82, 2.24) is 0 Å². The van der Waals surface area contributed by atoms with Gasteiger partial charge in [-0.3, -0.25) is 0 Å². The molecule has 0 aliphatic carbocycles. The number of hydrogen-bond acceptors (Lipinski definition) is 3. The van der Waals surface area contributed by atoms with Gasteiger partial charge in [0.1, 0.15) is 0 Å². The minimum Gasteiger partial charge on any atom is -0.310 e. The van der Waals surface area contributed by atoms with E-state index in [1.54, 1.807) is 0 Å². The third-order valence-electron chi connectivity index (χ3n) is 10.9. The molecule has 0 saturated carbocycles. The number of nitrogens with zero attached hydrogens (tertiary/aromatic N) is 4. The van der Waals surface area contributed by atoms with Crippen molar-refractivity contribution < 1.29 is 0 Å².